The number of unbranched alkanes of at least 4 members (excludes halogenated alkanes) is 1. The van der Waals surface area contributed by atoms with Gasteiger partial charge in [0.1, 0.15) is 17.7 Å². The number of anilines is 1. The lowest BCUT2D eigenvalue weighted by molar-refractivity contribution is 0.0678. The van der Waals surface area contributed by atoms with Crippen LogP contribution in [0, 0.1) is 0 Å². The molecule has 0 spiro atoms. The number of benzene rings is 2. The molecule has 1 N–H and O–H groups in total. The van der Waals surface area contributed by atoms with Crippen LogP contribution in [0.4, 0.5) is 5.69 Å². The third-order valence-corrected chi connectivity index (χ3v) is 4.51. The molecule has 1 heterocycles. The Morgan fingerprint density at radius 3 is 2.64 bits per heavy atom. The van der Waals surface area contributed by atoms with E-state index in [2.05, 4.69) is 12.2 Å². The van der Waals surface area contributed by atoms with Crippen LogP contribution in [0.15, 0.2) is 42.5 Å². The predicted molar refractivity (Wildman–Crippen MR) is 98.3 cm³/mol. The van der Waals surface area contributed by atoms with E-state index in [1.54, 1.807) is 14.2 Å². The minimum Gasteiger partial charge on any atom is -0.497 e. The standard InChI is InChI=1S/C20H24N2O3/c1-4-5-12-22-19(16-11-10-14(24-2)13-18(16)25-3)21-17-9-7-6-8-15(17)20(22)23/h6-11,13,19,21H,4-5,12H2,1-3H3. The molecule has 5 heteroatoms. The van der Waals surface area contributed by atoms with Crippen LogP contribution >= 0.6 is 0 Å². The number of carbonyl (C=O) groups excluding carboxylic acids is 1. The molecular formula is C20H24N2O3. The second-order valence-corrected chi connectivity index (χ2v) is 6.05. The summed E-state index contributed by atoms with van der Waals surface area (Å²) in [7, 11) is 3.26. The highest BCUT2D eigenvalue weighted by Crippen LogP contribution is 2.38. The van der Waals surface area contributed by atoms with E-state index < -0.39 is 0 Å². The molecule has 0 bridgehead atoms. The molecule has 2 aromatic carbocycles. The number of hydrogen-bond acceptors (Lipinski definition) is 4. The molecule has 1 aliphatic heterocycles. The van der Waals surface area contributed by atoms with Crippen molar-refractivity contribution in [2.45, 2.75) is 25.9 Å². The topological polar surface area (TPSA) is 50.8 Å². The Kier molecular flexibility index (Phi) is 5.12. The molecule has 2 aromatic rings. The van der Waals surface area contributed by atoms with Crippen LogP contribution < -0.4 is 14.8 Å². The second kappa shape index (κ2) is 7.47. The zero-order valence-corrected chi connectivity index (χ0v) is 14.9. The van der Waals surface area contributed by atoms with E-state index in [9.17, 15) is 4.79 Å². The first kappa shape index (κ1) is 17.1. The van der Waals surface area contributed by atoms with Gasteiger partial charge in [-0.1, -0.05) is 25.5 Å². The van der Waals surface area contributed by atoms with Crippen LogP contribution in [0.1, 0.15) is 41.9 Å². The lowest BCUT2D eigenvalue weighted by Crippen LogP contribution is -2.43. The summed E-state index contributed by atoms with van der Waals surface area (Å²) in [5.41, 5.74) is 2.48. The summed E-state index contributed by atoms with van der Waals surface area (Å²) < 4.78 is 10.8. The minimum atomic E-state index is -0.269. The van der Waals surface area contributed by atoms with Gasteiger partial charge in [-0.25, -0.2) is 0 Å². The summed E-state index contributed by atoms with van der Waals surface area (Å²) in [6.07, 6.45) is 1.71. The van der Waals surface area contributed by atoms with Gasteiger partial charge in [0.05, 0.1) is 19.8 Å². The summed E-state index contributed by atoms with van der Waals surface area (Å²) in [6.45, 7) is 2.81. The van der Waals surface area contributed by atoms with Crippen LogP contribution in [0.3, 0.4) is 0 Å². The largest absolute Gasteiger partial charge is 0.497 e. The van der Waals surface area contributed by atoms with Crippen molar-refractivity contribution in [2.24, 2.45) is 0 Å². The Labute approximate surface area is 148 Å². The van der Waals surface area contributed by atoms with E-state index in [1.807, 2.05) is 47.4 Å². The first-order chi connectivity index (χ1) is 12.2. The minimum absolute atomic E-state index is 0.0469. The average molecular weight is 340 g/mol. The molecule has 132 valence electrons. The van der Waals surface area contributed by atoms with Gasteiger partial charge in [-0.05, 0) is 30.7 Å². The third-order valence-electron chi connectivity index (χ3n) is 4.51. The van der Waals surface area contributed by atoms with Crippen molar-refractivity contribution < 1.29 is 14.3 Å². The summed E-state index contributed by atoms with van der Waals surface area (Å²) in [5.74, 6) is 1.47. The first-order valence-electron chi connectivity index (χ1n) is 8.58. The molecule has 1 aliphatic rings. The fourth-order valence-electron chi connectivity index (χ4n) is 3.14. The molecule has 0 radical (unpaired) electrons. The van der Waals surface area contributed by atoms with Crippen molar-refractivity contribution in [3.63, 3.8) is 0 Å². The van der Waals surface area contributed by atoms with E-state index in [1.165, 1.54) is 0 Å². The number of para-hydroxylation sites is 1. The van der Waals surface area contributed by atoms with Gasteiger partial charge in [-0.2, -0.15) is 0 Å². The average Bonchev–Trinajstić information content (AvgIpc) is 2.66. The highest BCUT2D eigenvalue weighted by atomic mass is 16.5. The predicted octanol–water partition coefficient (Wildman–Crippen LogP) is 4.07. The molecule has 0 fully saturated rings. The Morgan fingerprint density at radius 2 is 1.92 bits per heavy atom. The van der Waals surface area contributed by atoms with Gasteiger partial charge in [0.2, 0.25) is 0 Å². The Hall–Kier alpha value is -2.69. The number of nitrogens with one attached hydrogen (secondary N) is 1. The van der Waals surface area contributed by atoms with Crippen molar-refractivity contribution in [3.05, 3.63) is 53.6 Å². The van der Waals surface area contributed by atoms with Crippen molar-refractivity contribution in [3.8, 4) is 11.5 Å². The number of hydrogen-bond donors (Lipinski definition) is 1. The molecule has 25 heavy (non-hydrogen) atoms. The number of fused-ring (bicyclic) bond motifs is 1. The molecule has 3 rings (SSSR count). The van der Waals surface area contributed by atoms with E-state index in [-0.39, 0.29) is 12.1 Å². The molecule has 0 aromatic heterocycles. The summed E-state index contributed by atoms with van der Waals surface area (Å²) in [5, 5.41) is 3.50. The summed E-state index contributed by atoms with van der Waals surface area (Å²) >= 11 is 0. The van der Waals surface area contributed by atoms with E-state index in [4.69, 9.17) is 9.47 Å². The monoisotopic (exact) mass is 340 g/mol. The van der Waals surface area contributed by atoms with Crippen molar-refractivity contribution in [1.29, 1.82) is 0 Å². The van der Waals surface area contributed by atoms with E-state index in [0.717, 1.165) is 29.8 Å². The zero-order chi connectivity index (χ0) is 17.8. The van der Waals surface area contributed by atoms with Crippen molar-refractivity contribution in [1.82, 2.24) is 4.90 Å². The van der Waals surface area contributed by atoms with Gasteiger partial charge in [0.25, 0.3) is 5.91 Å². The lowest BCUT2D eigenvalue weighted by atomic mass is 10.0. The van der Waals surface area contributed by atoms with Gasteiger partial charge in [0.15, 0.2) is 0 Å². The fraction of sp³-hybridized carbons (Fsp3) is 0.350. The zero-order valence-electron chi connectivity index (χ0n) is 14.9. The number of ether oxygens (including phenoxy) is 2. The molecule has 1 atom stereocenters. The number of carbonyl (C=O) groups is 1. The molecule has 5 nitrogen and oxygen atoms in total. The molecular weight excluding hydrogens is 316 g/mol. The van der Waals surface area contributed by atoms with Gasteiger partial charge < -0.3 is 19.7 Å². The van der Waals surface area contributed by atoms with Crippen LogP contribution in [0.2, 0.25) is 0 Å². The smallest absolute Gasteiger partial charge is 0.257 e. The van der Waals surface area contributed by atoms with Crippen LogP contribution in [0.5, 0.6) is 11.5 Å². The molecule has 0 saturated carbocycles. The maximum Gasteiger partial charge on any atom is 0.257 e. The number of nitrogens with zero attached hydrogens (tertiary/aromatic N) is 1. The lowest BCUT2D eigenvalue weighted by Gasteiger charge is -2.38. The number of rotatable bonds is 6. The normalized spacial score (nSPS) is 16.2. The van der Waals surface area contributed by atoms with E-state index in [0.29, 0.717) is 17.9 Å². The van der Waals surface area contributed by atoms with Crippen molar-refractivity contribution >= 4 is 11.6 Å². The number of methoxy groups -OCH3 is 2. The molecule has 1 unspecified atom stereocenters. The molecule has 0 saturated heterocycles. The maximum atomic E-state index is 13.0. The molecule has 0 aliphatic carbocycles. The quantitative estimate of drug-likeness (QED) is 0.861. The Bertz CT molecular complexity index is 760. The van der Waals surface area contributed by atoms with Gasteiger partial charge in [0, 0.05) is 23.9 Å². The first-order valence-corrected chi connectivity index (χ1v) is 8.58. The Morgan fingerprint density at radius 1 is 1.12 bits per heavy atom. The highest BCUT2D eigenvalue weighted by molar-refractivity contribution is 6.01. The highest BCUT2D eigenvalue weighted by Gasteiger charge is 2.33. The fourth-order valence-corrected chi connectivity index (χ4v) is 3.14. The van der Waals surface area contributed by atoms with Gasteiger partial charge in [-0.15, -0.1) is 0 Å². The summed E-state index contributed by atoms with van der Waals surface area (Å²) in [4.78, 5) is 14.9. The SMILES string of the molecule is CCCCN1C(=O)c2ccccc2NC1c1ccc(OC)cc1OC. The number of amides is 1. The van der Waals surface area contributed by atoms with Gasteiger partial charge >= 0.3 is 0 Å². The van der Waals surface area contributed by atoms with Crippen LogP contribution in [-0.2, 0) is 0 Å². The third kappa shape index (κ3) is 3.27. The Balaban J connectivity index is 2.04. The summed E-state index contributed by atoms with van der Waals surface area (Å²) in [6, 6.07) is 13.3. The van der Waals surface area contributed by atoms with Crippen molar-refractivity contribution in [2.75, 3.05) is 26.1 Å². The van der Waals surface area contributed by atoms with Crippen LogP contribution in [0.25, 0.3) is 0 Å². The van der Waals surface area contributed by atoms with Crippen LogP contribution in [-0.4, -0.2) is 31.6 Å². The molecule has 1 amide bonds. The second-order valence-electron chi connectivity index (χ2n) is 6.05. The van der Waals surface area contributed by atoms with Gasteiger partial charge in [-0.3, -0.25) is 4.79 Å². The maximum absolute atomic E-state index is 13.0. The van der Waals surface area contributed by atoms with E-state index >= 15 is 0 Å².